The van der Waals surface area contributed by atoms with Crippen molar-refractivity contribution in [1.29, 1.82) is 0 Å². The predicted octanol–water partition coefficient (Wildman–Crippen LogP) is -0.274. The maximum absolute atomic E-state index is 11.4. The lowest BCUT2D eigenvalue weighted by Gasteiger charge is -2.27. The van der Waals surface area contributed by atoms with E-state index in [1.165, 1.54) is 0 Å². The maximum atomic E-state index is 11.4. The van der Waals surface area contributed by atoms with E-state index in [2.05, 4.69) is 0 Å². The molecule has 1 amide bonds. The van der Waals surface area contributed by atoms with Crippen LogP contribution in [0.3, 0.4) is 0 Å². The molecule has 1 aromatic rings. The first-order valence-corrected chi connectivity index (χ1v) is 7.32. The SMILES string of the molecule is CC(=O)N(O)CCC(c1ccc[n+](C)c1)P(=O)([O-])O. The van der Waals surface area contributed by atoms with E-state index in [1.807, 2.05) is 0 Å². The van der Waals surface area contributed by atoms with E-state index in [0.717, 1.165) is 6.92 Å². The van der Waals surface area contributed by atoms with Crippen LogP contribution in [-0.4, -0.2) is 27.6 Å². The number of hydrogen-bond donors (Lipinski definition) is 2. The smallest absolute Gasteiger partial charge is 0.242 e. The Balaban J connectivity index is 2.91. The molecule has 0 fully saturated rings. The van der Waals surface area contributed by atoms with Crippen LogP contribution in [0.1, 0.15) is 24.6 Å². The second kappa shape index (κ2) is 6.25. The van der Waals surface area contributed by atoms with Gasteiger partial charge in [-0.2, -0.15) is 0 Å². The second-order valence-corrected chi connectivity index (χ2v) is 6.07. The van der Waals surface area contributed by atoms with E-state index in [-0.39, 0.29) is 13.0 Å². The van der Waals surface area contributed by atoms with Gasteiger partial charge < -0.3 is 14.4 Å². The lowest BCUT2D eigenvalue weighted by Crippen LogP contribution is -2.30. The van der Waals surface area contributed by atoms with Gasteiger partial charge in [0.05, 0.1) is 5.66 Å². The molecule has 0 aromatic carbocycles. The molecule has 0 radical (unpaired) electrons. The highest BCUT2D eigenvalue weighted by Crippen LogP contribution is 2.49. The molecule has 7 nitrogen and oxygen atoms in total. The molecule has 106 valence electrons. The summed E-state index contributed by atoms with van der Waals surface area (Å²) in [7, 11) is -2.89. The number of carbonyl (C=O) groups is 1. The third-order valence-electron chi connectivity index (χ3n) is 2.72. The maximum Gasteiger partial charge on any atom is 0.242 e. The molecule has 1 rings (SSSR count). The highest BCUT2D eigenvalue weighted by Gasteiger charge is 2.25. The molecular weight excluding hydrogens is 271 g/mol. The quantitative estimate of drug-likeness (QED) is 0.336. The van der Waals surface area contributed by atoms with Crippen LogP contribution in [0.4, 0.5) is 0 Å². The number of hydrogen-bond acceptors (Lipinski definition) is 4. The summed E-state index contributed by atoms with van der Waals surface area (Å²) in [6, 6.07) is 3.22. The number of aromatic nitrogens is 1. The van der Waals surface area contributed by atoms with E-state index >= 15 is 0 Å². The summed E-state index contributed by atoms with van der Waals surface area (Å²) in [5.41, 5.74) is -0.753. The van der Waals surface area contributed by atoms with Crippen molar-refractivity contribution in [3.63, 3.8) is 0 Å². The Bertz CT molecular complexity index is 502. The first-order valence-electron chi connectivity index (χ1n) is 5.67. The first kappa shape index (κ1) is 15.8. The van der Waals surface area contributed by atoms with Crippen molar-refractivity contribution < 1.29 is 28.9 Å². The Labute approximate surface area is 111 Å². The van der Waals surface area contributed by atoms with Crippen molar-refractivity contribution in [2.24, 2.45) is 7.05 Å². The first-order chi connectivity index (χ1) is 8.71. The van der Waals surface area contributed by atoms with Gasteiger partial charge >= 0.3 is 0 Å². The molecule has 0 saturated carbocycles. The number of pyridine rings is 1. The predicted molar refractivity (Wildman–Crippen MR) is 64.0 cm³/mol. The van der Waals surface area contributed by atoms with Crippen LogP contribution in [0.25, 0.3) is 0 Å². The molecule has 0 spiro atoms. The average Bonchev–Trinajstić information content (AvgIpc) is 2.27. The summed E-state index contributed by atoms with van der Waals surface area (Å²) in [6.45, 7) is 0.985. The molecule has 1 heterocycles. The van der Waals surface area contributed by atoms with Gasteiger partial charge in [-0.25, -0.2) is 9.63 Å². The number of aryl methyl sites for hydroxylation is 1. The monoisotopic (exact) mass is 288 g/mol. The molecule has 0 saturated heterocycles. The molecule has 0 aliphatic heterocycles. The number of rotatable bonds is 5. The van der Waals surface area contributed by atoms with Crippen molar-refractivity contribution in [2.45, 2.75) is 19.0 Å². The Kier molecular flexibility index (Phi) is 5.20. The van der Waals surface area contributed by atoms with Gasteiger partial charge in [-0.1, -0.05) is 0 Å². The van der Waals surface area contributed by atoms with Crippen LogP contribution in [0.2, 0.25) is 0 Å². The fourth-order valence-corrected chi connectivity index (χ4v) is 2.70. The van der Waals surface area contributed by atoms with Crippen LogP contribution in [-0.2, 0) is 16.4 Å². The Morgan fingerprint density at radius 1 is 1.63 bits per heavy atom. The molecule has 8 heteroatoms. The summed E-state index contributed by atoms with van der Waals surface area (Å²) in [5, 5.41) is 9.67. The fraction of sp³-hybridized carbons (Fsp3) is 0.455. The molecule has 0 aliphatic carbocycles. The van der Waals surface area contributed by atoms with Gasteiger partial charge in [0.15, 0.2) is 12.4 Å². The minimum Gasteiger partial charge on any atom is -0.778 e. The zero-order valence-corrected chi connectivity index (χ0v) is 11.7. The fourth-order valence-electron chi connectivity index (χ4n) is 1.73. The normalized spacial score (nSPS) is 15.6. The summed E-state index contributed by atoms with van der Waals surface area (Å²) in [5.74, 6) is -0.587. The van der Waals surface area contributed by atoms with E-state index in [4.69, 9.17) is 0 Å². The largest absolute Gasteiger partial charge is 0.778 e. The van der Waals surface area contributed by atoms with E-state index in [1.54, 1.807) is 36.1 Å². The van der Waals surface area contributed by atoms with Gasteiger partial charge in [-0.15, -0.1) is 0 Å². The lowest BCUT2D eigenvalue weighted by molar-refractivity contribution is -0.672. The van der Waals surface area contributed by atoms with Crippen LogP contribution >= 0.6 is 7.60 Å². The molecule has 1 aromatic heterocycles. The van der Waals surface area contributed by atoms with Crippen LogP contribution < -0.4 is 9.46 Å². The topological polar surface area (TPSA) is 105 Å². The Hall–Kier alpha value is -1.27. The zero-order valence-electron chi connectivity index (χ0n) is 10.8. The molecule has 0 aliphatic rings. The summed E-state index contributed by atoms with van der Waals surface area (Å²) in [4.78, 5) is 31.6. The molecule has 2 N–H and O–H groups in total. The van der Waals surface area contributed by atoms with Gasteiger partial charge in [0.1, 0.15) is 14.6 Å². The van der Waals surface area contributed by atoms with Gasteiger partial charge in [-0.05, 0) is 12.5 Å². The number of hydroxylamine groups is 2. The Morgan fingerprint density at radius 3 is 2.74 bits per heavy atom. The number of amides is 1. The molecule has 2 unspecified atom stereocenters. The molecule has 0 bridgehead atoms. The summed E-state index contributed by atoms with van der Waals surface area (Å²) in [6.07, 6.45) is 3.21. The zero-order chi connectivity index (χ0) is 14.6. The van der Waals surface area contributed by atoms with Crippen molar-refractivity contribution in [2.75, 3.05) is 6.54 Å². The standard InChI is InChI=1S/C11H17N2O5P/c1-9(14)13(15)7-5-11(19(16,17)18)10-4-3-6-12(2)8-10/h3-4,6,8,11,15H,5,7H2,1-2H3,(H-,16,17,18). The van der Waals surface area contributed by atoms with Crippen molar-refractivity contribution in [1.82, 2.24) is 5.06 Å². The van der Waals surface area contributed by atoms with Crippen LogP contribution in [0.5, 0.6) is 0 Å². The van der Waals surface area contributed by atoms with Crippen LogP contribution in [0, 0.1) is 0 Å². The lowest BCUT2D eigenvalue weighted by atomic mass is 10.1. The summed E-state index contributed by atoms with van der Waals surface area (Å²) < 4.78 is 13.1. The van der Waals surface area contributed by atoms with Gasteiger partial charge in [0.25, 0.3) is 0 Å². The molecular formula is C11H17N2O5P. The van der Waals surface area contributed by atoms with Crippen LogP contribution in [0.15, 0.2) is 24.5 Å². The van der Waals surface area contributed by atoms with E-state index in [9.17, 15) is 24.4 Å². The minimum absolute atomic E-state index is 0.0859. The van der Waals surface area contributed by atoms with Crippen molar-refractivity contribution >= 4 is 13.5 Å². The highest BCUT2D eigenvalue weighted by atomic mass is 31.2. The second-order valence-electron chi connectivity index (χ2n) is 4.31. The van der Waals surface area contributed by atoms with Gasteiger partial charge in [-0.3, -0.25) is 10.0 Å². The third kappa shape index (κ3) is 4.72. The third-order valence-corrected chi connectivity index (χ3v) is 4.06. The molecule has 2 atom stereocenters. The molecule has 19 heavy (non-hydrogen) atoms. The minimum atomic E-state index is -4.62. The Morgan fingerprint density at radius 2 is 2.26 bits per heavy atom. The number of nitrogens with zero attached hydrogens (tertiary/aromatic N) is 2. The number of carbonyl (C=O) groups excluding carboxylic acids is 1. The van der Waals surface area contributed by atoms with Crippen molar-refractivity contribution in [3.05, 3.63) is 30.1 Å². The summed E-state index contributed by atoms with van der Waals surface area (Å²) >= 11 is 0. The average molecular weight is 288 g/mol. The van der Waals surface area contributed by atoms with E-state index in [0.29, 0.717) is 10.6 Å². The highest BCUT2D eigenvalue weighted by molar-refractivity contribution is 7.50. The van der Waals surface area contributed by atoms with Gasteiger partial charge in [0, 0.05) is 25.1 Å². The van der Waals surface area contributed by atoms with Gasteiger partial charge in [0.2, 0.25) is 5.91 Å². The van der Waals surface area contributed by atoms with E-state index < -0.39 is 19.2 Å². The van der Waals surface area contributed by atoms with Crippen molar-refractivity contribution in [3.8, 4) is 0 Å².